The Labute approximate surface area is 120 Å². The van der Waals surface area contributed by atoms with Crippen LogP contribution in [0, 0.1) is 13.8 Å². The zero-order valence-corrected chi connectivity index (χ0v) is 12.6. The van der Waals surface area contributed by atoms with Gasteiger partial charge < -0.3 is 9.84 Å². The lowest BCUT2D eigenvalue weighted by molar-refractivity contribution is 0.0938. The fourth-order valence-corrected chi connectivity index (χ4v) is 2.18. The molecule has 1 amide bonds. The maximum atomic E-state index is 12.2. The number of nitrogens with zero attached hydrogens (tertiary/aromatic N) is 1. The predicted octanol–water partition coefficient (Wildman–Crippen LogP) is 3.54. The van der Waals surface area contributed by atoms with Crippen LogP contribution >= 0.6 is 15.9 Å². The molecule has 2 rings (SSSR count). The SMILES string of the molecule is Cc1noc(C)c1C(=O)NC(C)c1ccc(Br)cc1. The number of nitrogens with one attached hydrogen (secondary N) is 1. The quantitative estimate of drug-likeness (QED) is 0.940. The summed E-state index contributed by atoms with van der Waals surface area (Å²) in [5.41, 5.74) is 2.17. The highest BCUT2D eigenvalue weighted by Gasteiger charge is 2.19. The van der Waals surface area contributed by atoms with Gasteiger partial charge in [-0.2, -0.15) is 0 Å². The van der Waals surface area contributed by atoms with Crippen molar-refractivity contribution in [1.82, 2.24) is 10.5 Å². The zero-order valence-electron chi connectivity index (χ0n) is 11.0. The van der Waals surface area contributed by atoms with Crippen LogP contribution in [0.25, 0.3) is 0 Å². The van der Waals surface area contributed by atoms with Gasteiger partial charge in [0.1, 0.15) is 11.3 Å². The molecule has 0 aliphatic heterocycles. The first-order chi connectivity index (χ1) is 8.99. The van der Waals surface area contributed by atoms with Crippen molar-refractivity contribution in [2.75, 3.05) is 0 Å². The average molecular weight is 323 g/mol. The molecule has 1 aromatic carbocycles. The van der Waals surface area contributed by atoms with Gasteiger partial charge >= 0.3 is 0 Å². The molecule has 4 nitrogen and oxygen atoms in total. The summed E-state index contributed by atoms with van der Waals surface area (Å²) in [6, 6.07) is 7.78. The van der Waals surface area contributed by atoms with Crippen molar-refractivity contribution in [3.63, 3.8) is 0 Å². The van der Waals surface area contributed by atoms with E-state index in [-0.39, 0.29) is 11.9 Å². The topological polar surface area (TPSA) is 55.1 Å². The monoisotopic (exact) mass is 322 g/mol. The molecule has 0 aliphatic carbocycles. The molecule has 0 aliphatic rings. The van der Waals surface area contributed by atoms with Crippen molar-refractivity contribution in [1.29, 1.82) is 0 Å². The summed E-state index contributed by atoms with van der Waals surface area (Å²) in [5.74, 6) is 0.379. The van der Waals surface area contributed by atoms with Crippen LogP contribution in [0.3, 0.4) is 0 Å². The molecule has 1 N–H and O–H groups in total. The van der Waals surface area contributed by atoms with Gasteiger partial charge in [0, 0.05) is 4.47 Å². The number of halogens is 1. The van der Waals surface area contributed by atoms with E-state index in [0.29, 0.717) is 17.0 Å². The number of aryl methyl sites for hydroxylation is 2. The van der Waals surface area contributed by atoms with Crippen molar-refractivity contribution < 1.29 is 9.32 Å². The van der Waals surface area contributed by atoms with Crippen LogP contribution in [0.1, 0.15) is 40.3 Å². The molecule has 1 aromatic heterocycles. The van der Waals surface area contributed by atoms with E-state index in [0.717, 1.165) is 10.0 Å². The average Bonchev–Trinajstić information content (AvgIpc) is 2.69. The molecule has 0 spiro atoms. The van der Waals surface area contributed by atoms with Crippen molar-refractivity contribution in [2.45, 2.75) is 26.8 Å². The number of rotatable bonds is 3. The lowest BCUT2D eigenvalue weighted by Crippen LogP contribution is -2.27. The van der Waals surface area contributed by atoms with Gasteiger partial charge in [-0.3, -0.25) is 4.79 Å². The van der Waals surface area contributed by atoms with Crippen molar-refractivity contribution in [3.8, 4) is 0 Å². The van der Waals surface area contributed by atoms with Crippen LogP contribution < -0.4 is 5.32 Å². The van der Waals surface area contributed by atoms with Crippen LogP contribution in [0.4, 0.5) is 0 Å². The Kier molecular flexibility index (Phi) is 4.04. The molecule has 0 radical (unpaired) electrons. The van der Waals surface area contributed by atoms with Crippen LogP contribution in [0.5, 0.6) is 0 Å². The summed E-state index contributed by atoms with van der Waals surface area (Å²) >= 11 is 3.39. The van der Waals surface area contributed by atoms with E-state index in [9.17, 15) is 4.79 Å². The Bertz CT molecular complexity index is 570. The highest BCUT2D eigenvalue weighted by atomic mass is 79.9. The Morgan fingerprint density at radius 2 is 1.95 bits per heavy atom. The van der Waals surface area contributed by atoms with Crippen LogP contribution in [0.15, 0.2) is 33.3 Å². The summed E-state index contributed by atoms with van der Waals surface area (Å²) in [5, 5.41) is 6.73. The second kappa shape index (κ2) is 5.57. The van der Waals surface area contributed by atoms with Gasteiger partial charge in [0.05, 0.1) is 11.7 Å². The Hall–Kier alpha value is -1.62. The molecule has 100 valence electrons. The Morgan fingerprint density at radius 3 is 2.47 bits per heavy atom. The molecule has 0 saturated carbocycles. The largest absolute Gasteiger partial charge is 0.361 e. The van der Waals surface area contributed by atoms with Gasteiger partial charge in [0.2, 0.25) is 0 Å². The number of amides is 1. The number of carbonyl (C=O) groups excluding carboxylic acids is 1. The summed E-state index contributed by atoms with van der Waals surface area (Å²) in [6.45, 7) is 5.44. The fraction of sp³-hybridized carbons (Fsp3) is 0.286. The van der Waals surface area contributed by atoms with Crippen molar-refractivity contribution in [3.05, 3.63) is 51.3 Å². The molecule has 5 heteroatoms. The maximum absolute atomic E-state index is 12.2. The smallest absolute Gasteiger partial charge is 0.257 e. The van der Waals surface area contributed by atoms with Crippen LogP contribution in [0.2, 0.25) is 0 Å². The third kappa shape index (κ3) is 3.04. The van der Waals surface area contributed by atoms with E-state index in [4.69, 9.17) is 4.52 Å². The molecule has 2 aromatic rings. The first kappa shape index (κ1) is 13.8. The van der Waals surface area contributed by atoms with E-state index in [1.165, 1.54) is 0 Å². The minimum absolute atomic E-state index is 0.0747. The van der Waals surface area contributed by atoms with E-state index in [1.807, 2.05) is 31.2 Å². The minimum atomic E-state index is -0.160. The molecule has 19 heavy (non-hydrogen) atoms. The number of hydrogen-bond donors (Lipinski definition) is 1. The summed E-state index contributed by atoms with van der Waals surface area (Å²) in [7, 11) is 0. The molecule has 1 unspecified atom stereocenters. The molecule has 1 atom stereocenters. The number of aromatic nitrogens is 1. The number of carbonyl (C=O) groups is 1. The highest BCUT2D eigenvalue weighted by Crippen LogP contribution is 2.18. The number of hydrogen-bond acceptors (Lipinski definition) is 3. The second-order valence-electron chi connectivity index (χ2n) is 4.45. The predicted molar refractivity (Wildman–Crippen MR) is 76.0 cm³/mol. The second-order valence-corrected chi connectivity index (χ2v) is 5.36. The molecule has 0 bridgehead atoms. The first-order valence-corrected chi connectivity index (χ1v) is 6.77. The van der Waals surface area contributed by atoms with E-state index < -0.39 is 0 Å². The van der Waals surface area contributed by atoms with Crippen molar-refractivity contribution >= 4 is 21.8 Å². The van der Waals surface area contributed by atoms with Gasteiger partial charge in [-0.1, -0.05) is 33.2 Å². The first-order valence-electron chi connectivity index (χ1n) is 5.98. The lowest BCUT2D eigenvalue weighted by atomic mass is 10.1. The van der Waals surface area contributed by atoms with Gasteiger partial charge in [0.15, 0.2) is 0 Å². The molecule has 0 fully saturated rings. The Morgan fingerprint density at radius 1 is 1.32 bits per heavy atom. The fourth-order valence-electron chi connectivity index (χ4n) is 1.91. The zero-order chi connectivity index (χ0) is 14.0. The van der Waals surface area contributed by atoms with Crippen molar-refractivity contribution in [2.24, 2.45) is 0 Å². The Balaban J connectivity index is 2.13. The molecular weight excluding hydrogens is 308 g/mol. The van der Waals surface area contributed by atoms with Crippen LogP contribution in [-0.4, -0.2) is 11.1 Å². The molecule has 0 saturated heterocycles. The standard InChI is InChI=1S/C14H15BrN2O2/c1-8(11-4-6-12(15)7-5-11)16-14(18)13-9(2)17-19-10(13)3/h4-8H,1-3H3,(H,16,18). The van der Waals surface area contributed by atoms with Gasteiger partial charge in [-0.05, 0) is 38.5 Å². The van der Waals surface area contributed by atoms with Gasteiger partial charge in [-0.25, -0.2) is 0 Å². The van der Waals surface area contributed by atoms with E-state index in [2.05, 4.69) is 26.4 Å². The summed E-state index contributed by atoms with van der Waals surface area (Å²) < 4.78 is 6.02. The third-order valence-electron chi connectivity index (χ3n) is 2.98. The number of benzene rings is 1. The van der Waals surface area contributed by atoms with Crippen LogP contribution in [-0.2, 0) is 0 Å². The third-order valence-corrected chi connectivity index (χ3v) is 3.51. The van der Waals surface area contributed by atoms with E-state index in [1.54, 1.807) is 13.8 Å². The summed E-state index contributed by atoms with van der Waals surface area (Å²) in [6.07, 6.45) is 0. The van der Waals surface area contributed by atoms with Gasteiger partial charge in [0.25, 0.3) is 5.91 Å². The minimum Gasteiger partial charge on any atom is -0.361 e. The summed E-state index contributed by atoms with van der Waals surface area (Å²) in [4.78, 5) is 12.2. The normalized spacial score (nSPS) is 12.2. The van der Waals surface area contributed by atoms with Gasteiger partial charge in [-0.15, -0.1) is 0 Å². The lowest BCUT2D eigenvalue weighted by Gasteiger charge is -2.14. The molecule has 1 heterocycles. The highest BCUT2D eigenvalue weighted by molar-refractivity contribution is 9.10. The maximum Gasteiger partial charge on any atom is 0.257 e. The van der Waals surface area contributed by atoms with E-state index >= 15 is 0 Å². The molecular formula is C14H15BrN2O2.